The van der Waals surface area contributed by atoms with Crippen molar-refractivity contribution in [3.05, 3.63) is 30.1 Å². The molecule has 0 aliphatic carbocycles. The molecule has 6 nitrogen and oxygen atoms in total. The zero-order valence-corrected chi connectivity index (χ0v) is 12.7. The number of hydrogen-bond acceptors (Lipinski definition) is 4. The number of carbonyl (C=O) groups excluding carboxylic acids is 1. The monoisotopic (exact) mass is 303 g/mol. The van der Waals surface area contributed by atoms with Gasteiger partial charge in [0, 0.05) is 25.7 Å². The SMILES string of the molecule is Cn1cnc2cc(C(=O)N3CCC(OCCO)CC3)ccc21. The average Bonchev–Trinajstić information content (AvgIpc) is 2.93. The van der Waals surface area contributed by atoms with E-state index in [-0.39, 0.29) is 18.6 Å². The Morgan fingerprint density at radius 3 is 2.91 bits per heavy atom. The van der Waals surface area contributed by atoms with E-state index in [1.807, 2.05) is 34.7 Å². The van der Waals surface area contributed by atoms with Crippen LogP contribution in [0.2, 0.25) is 0 Å². The van der Waals surface area contributed by atoms with E-state index in [1.165, 1.54) is 0 Å². The highest BCUT2D eigenvalue weighted by Gasteiger charge is 2.24. The number of ether oxygens (including phenoxy) is 1. The maximum Gasteiger partial charge on any atom is 0.253 e. The minimum absolute atomic E-state index is 0.0449. The molecule has 2 heterocycles. The lowest BCUT2D eigenvalue weighted by atomic mass is 10.1. The predicted octanol–water partition coefficient (Wildman–Crippen LogP) is 1.19. The Hall–Kier alpha value is -1.92. The number of benzene rings is 1. The van der Waals surface area contributed by atoms with E-state index in [9.17, 15) is 4.79 Å². The fourth-order valence-electron chi connectivity index (χ4n) is 2.90. The molecule has 0 radical (unpaired) electrons. The van der Waals surface area contributed by atoms with Crippen LogP contribution in [0.3, 0.4) is 0 Å². The van der Waals surface area contributed by atoms with Crippen LogP contribution in [0, 0.1) is 0 Å². The first-order chi connectivity index (χ1) is 10.7. The topological polar surface area (TPSA) is 67.6 Å². The van der Waals surface area contributed by atoms with Crippen LogP contribution in [0.15, 0.2) is 24.5 Å². The Bertz CT molecular complexity index is 660. The molecule has 22 heavy (non-hydrogen) atoms. The first-order valence-electron chi connectivity index (χ1n) is 7.62. The number of imidazole rings is 1. The van der Waals surface area contributed by atoms with Crippen LogP contribution in [-0.4, -0.2) is 57.9 Å². The summed E-state index contributed by atoms with van der Waals surface area (Å²) >= 11 is 0. The number of rotatable bonds is 4. The molecule has 0 unspecified atom stereocenters. The number of amides is 1. The molecule has 1 amide bonds. The molecule has 0 bridgehead atoms. The van der Waals surface area contributed by atoms with Crippen molar-refractivity contribution < 1.29 is 14.6 Å². The van der Waals surface area contributed by atoms with Crippen molar-refractivity contribution in [1.29, 1.82) is 0 Å². The number of aryl methyl sites for hydroxylation is 1. The molecule has 1 N–H and O–H groups in total. The smallest absolute Gasteiger partial charge is 0.253 e. The molecule has 1 fully saturated rings. The van der Waals surface area contributed by atoms with Crippen LogP contribution in [0.1, 0.15) is 23.2 Å². The molecule has 0 saturated carbocycles. The number of aliphatic hydroxyl groups excluding tert-OH is 1. The van der Waals surface area contributed by atoms with Crippen LogP contribution in [0.5, 0.6) is 0 Å². The first-order valence-corrected chi connectivity index (χ1v) is 7.62. The van der Waals surface area contributed by atoms with E-state index in [2.05, 4.69) is 4.98 Å². The minimum Gasteiger partial charge on any atom is -0.394 e. The number of carbonyl (C=O) groups is 1. The molecule has 1 saturated heterocycles. The summed E-state index contributed by atoms with van der Waals surface area (Å²) in [6.45, 7) is 1.79. The van der Waals surface area contributed by atoms with Crippen molar-refractivity contribution in [2.45, 2.75) is 18.9 Å². The second-order valence-corrected chi connectivity index (χ2v) is 5.64. The van der Waals surface area contributed by atoms with Gasteiger partial charge in [-0.3, -0.25) is 4.79 Å². The number of likely N-dealkylation sites (tertiary alicyclic amines) is 1. The van der Waals surface area contributed by atoms with Gasteiger partial charge in [-0.2, -0.15) is 0 Å². The van der Waals surface area contributed by atoms with Gasteiger partial charge < -0.3 is 19.3 Å². The van der Waals surface area contributed by atoms with E-state index in [0.717, 1.165) is 23.9 Å². The lowest BCUT2D eigenvalue weighted by molar-refractivity contribution is -0.00553. The van der Waals surface area contributed by atoms with Gasteiger partial charge >= 0.3 is 0 Å². The largest absolute Gasteiger partial charge is 0.394 e. The van der Waals surface area contributed by atoms with Crippen LogP contribution in [0.25, 0.3) is 11.0 Å². The fraction of sp³-hybridized carbons (Fsp3) is 0.500. The molecule has 6 heteroatoms. The molecule has 118 valence electrons. The minimum atomic E-state index is 0.0449. The Labute approximate surface area is 129 Å². The van der Waals surface area contributed by atoms with Crippen molar-refractivity contribution >= 4 is 16.9 Å². The van der Waals surface area contributed by atoms with Crippen LogP contribution < -0.4 is 0 Å². The second-order valence-electron chi connectivity index (χ2n) is 5.64. The van der Waals surface area contributed by atoms with Gasteiger partial charge in [0.1, 0.15) is 0 Å². The summed E-state index contributed by atoms with van der Waals surface area (Å²) in [6, 6.07) is 5.65. The lowest BCUT2D eigenvalue weighted by Gasteiger charge is -2.32. The normalized spacial score (nSPS) is 16.4. The highest BCUT2D eigenvalue weighted by atomic mass is 16.5. The third-order valence-electron chi connectivity index (χ3n) is 4.15. The van der Waals surface area contributed by atoms with Gasteiger partial charge in [0.2, 0.25) is 0 Å². The molecule has 2 aromatic rings. The third-order valence-corrected chi connectivity index (χ3v) is 4.15. The highest BCUT2D eigenvalue weighted by Crippen LogP contribution is 2.19. The number of hydrogen-bond donors (Lipinski definition) is 1. The van der Waals surface area contributed by atoms with E-state index < -0.39 is 0 Å². The molecule has 0 spiro atoms. The predicted molar refractivity (Wildman–Crippen MR) is 82.7 cm³/mol. The van der Waals surface area contributed by atoms with Crippen LogP contribution >= 0.6 is 0 Å². The van der Waals surface area contributed by atoms with Gasteiger partial charge in [0.15, 0.2) is 0 Å². The summed E-state index contributed by atoms with van der Waals surface area (Å²) in [5, 5.41) is 8.78. The average molecular weight is 303 g/mol. The van der Waals surface area contributed by atoms with Gasteiger partial charge in [-0.15, -0.1) is 0 Å². The Morgan fingerprint density at radius 1 is 1.41 bits per heavy atom. The van der Waals surface area contributed by atoms with Crippen LogP contribution in [-0.2, 0) is 11.8 Å². The van der Waals surface area contributed by atoms with E-state index in [0.29, 0.717) is 25.3 Å². The summed E-state index contributed by atoms with van der Waals surface area (Å²) in [7, 11) is 1.94. The highest BCUT2D eigenvalue weighted by molar-refractivity contribution is 5.97. The standard InChI is InChI=1S/C16H21N3O3/c1-18-11-17-14-10-12(2-3-15(14)18)16(21)19-6-4-13(5-7-19)22-9-8-20/h2-3,10-11,13,20H,4-9H2,1H3. The summed E-state index contributed by atoms with van der Waals surface area (Å²) in [5.74, 6) is 0.0492. The van der Waals surface area contributed by atoms with E-state index >= 15 is 0 Å². The molecule has 1 aliphatic rings. The molecule has 1 aromatic carbocycles. The van der Waals surface area contributed by atoms with Gasteiger partial charge in [0.25, 0.3) is 5.91 Å². The number of aliphatic hydroxyl groups is 1. The van der Waals surface area contributed by atoms with Gasteiger partial charge in [-0.1, -0.05) is 0 Å². The maximum absolute atomic E-state index is 12.6. The quantitative estimate of drug-likeness (QED) is 0.921. The summed E-state index contributed by atoms with van der Waals surface area (Å²) in [6.07, 6.45) is 3.53. The Balaban J connectivity index is 1.66. The molecule has 1 aromatic heterocycles. The van der Waals surface area contributed by atoms with Crippen molar-refractivity contribution in [1.82, 2.24) is 14.5 Å². The van der Waals surface area contributed by atoms with E-state index in [1.54, 1.807) is 6.33 Å². The Kier molecular flexibility index (Phi) is 4.40. The molecular formula is C16H21N3O3. The van der Waals surface area contributed by atoms with Gasteiger partial charge in [-0.25, -0.2) is 4.98 Å². The third kappa shape index (κ3) is 2.98. The van der Waals surface area contributed by atoms with Crippen molar-refractivity contribution in [2.24, 2.45) is 7.05 Å². The summed E-state index contributed by atoms with van der Waals surface area (Å²) in [4.78, 5) is 18.7. The Morgan fingerprint density at radius 2 is 2.18 bits per heavy atom. The maximum atomic E-state index is 12.6. The number of fused-ring (bicyclic) bond motifs is 1. The van der Waals surface area contributed by atoms with Gasteiger partial charge in [-0.05, 0) is 31.0 Å². The van der Waals surface area contributed by atoms with Crippen LogP contribution in [0.4, 0.5) is 0 Å². The first kappa shape index (κ1) is 15.0. The molecule has 1 aliphatic heterocycles. The number of piperidine rings is 1. The molecule has 0 atom stereocenters. The zero-order chi connectivity index (χ0) is 15.5. The van der Waals surface area contributed by atoms with Crippen molar-refractivity contribution in [3.63, 3.8) is 0 Å². The zero-order valence-electron chi connectivity index (χ0n) is 12.7. The lowest BCUT2D eigenvalue weighted by Crippen LogP contribution is -2.41. The van der Waals surface area contributed by atoms with Crippen molar-refractivity contribution in [3.8, 4) is 0 Å². The van der Waals surface area contributed by atoms with E-state index in [4.69, 9.17) is 9.84 Å². The summed E-state index contributed by atoms with van der Waals surface area (Å²) < 4.78 is 7.46. The number of nitrogens with zero attached hydrogens (tertiary/aromatic N) is 3. The fourth-order valence-corrected chi connectivity index (χ4v) is 2.90. The summed E-state index contributed by atoms with van der Waals surface area (Å²) in [5.41, 5.74) is 2.54. The number of aromatic nitrogens is 2. The van der Waals surface area contributed by atoms with Crippen molar-refractivity contribution in [2.75, 3.05) is 26.3 Å². The second kappa shape index (κ2) is 6.46. The molecule has 3 rings (SSSR count). The van der Waals surface area contributed by atoms with Gasteiger partial charge in [0.05, 0.1) is 36.7 Å². The molecular weight excluding hydrogens is 282 g/mol.